The van der Waals surface area contributed by atoms with Crippen molar-refractivity contribution in [2.45, 2.75) is 39.7 Å². The van der Waals surface area contributed by atoms with Crippen LogP contribution in [0.25, 0.3) is 23.1 Å². The van der Waals surface area contributed by atoms with Crippen LogP contribution in [0.5, 0.6) is 11.5 Å². The number of fused-ring (bicyclic) bond motifs is 1. The predicted molar refractivity (Wildman–Crippen MR) is 152 cm³/mol. The highest BCUT2D eigenvalue weighted by Crippen LogP contribution is 2.28. The number of nitrogens with zero attached hydrogens (tertiary/aromatic N) is 1. The number of hydrogen-bond acceptors (Lipinski definition) is 4. The van der Waals surface area contributed by atoms with Gasteiger partial charge in [0, 0.05) is 17.1 Å². The fourth-order valence-electron chi connectivity index (χ4n) is 4.64. The number of carboxylic acid groups (broad SMARTS) is 2. The second-order valence-corrected chi connectivity index (χ2v) is 9.52. The molecule has 1 heterocycles. The molecule has 0 saturated heterocycles. The van der Waals surface area contributed by atoms with Gasteiger partial charge in [0.1, 0.15) is 18.0 Å². The van der Waals surface area contributed by atoms with Crippen LogP contribution in [0.3, 0.4) is 0 Å². The monoisotopic (exact) mass is 527 g/mol. The number of ether oxygens (including phenoxy) is 2. The van der Waals surface area contributed by atoms with Crippen molar-refractivity contribution >= 4 is 35.0 Å². The molecule has 0 amide bonds. The van der Waals surface area contributed by atoms with E-state index in [-0.39, 0.29) is 13.0 Å². The zero-order chi connectivity index (χ0) is 27.8. The number of aliphatic carboxylic acids is 2. The molecule has 0 atom stereocenters. The van der Waals surface area contributed by atoms with Crippen LogP contribution in [0, 0.1) is 13.8 Å². The summed E-state index contributed by atoms with van der Waals surface area (Å²) in [5.41, 5.74) is 5.37. The molecule has 0 aliphatic carbocycles. The third-order valence-electron chi connectivity index (χ3n) is 6.46. The van der Waals surface area contributed by atoms with E-state index in [2.05, 4.69) is 26.0 Å². The maximum atomic E-state index is 11.4. The molecule has 4 aromatic rings. The fraction of sp³-hybridized carbons (Fsp3) is 0.250. The van der Waals surface area contributed by atoms with E-state index in [1.165, 1.54) is 0 Å². The van der Waals surface area contributed by atoms with Crippen molar-refractivity contribution in [3.05, 3.63) is 94.7 Å². The van der Waals surface area contributed by atoms with E-state index in [1.54, 1.807) is 10.8 Å². The molecule has 3 aromatic carbocycles. The van der Waals surface area contributed by atoms with Crippen molar-refractivity contribution in [2.75, 3.05) is 13.2 Å². The number of unbranched alkanes of at least 4 members (excludes halogenated alkanes) is 1. The van der Waals surface area contributed by atoms with Crippen molar-refractivity contribution in [3.63, 3.8) is 0 Å². The number of carboxylic acids is 2. The molecule has 0 aliphatic rings. The Morgan fingerprint density at radius 2 is 1.49 bits per heavy atom. The SMILES string of the molecule is Cc1cccc(C)c1OCCCCOc1ccc(/C=C/c2cccc3c2c(CC(=O)O)cn3CC(=O)O)cc1. The second kappa shape index (κ2) is 12.8. The van der Waals surface area contributed by atoms with Gasteiger partial charge in [0.2, 0.25) is 0 Å². The first-order chi connectivity index (χ1) is 18.8. The van der Waals surface area contributed by atoms with Gasteiger partial charge in [-0.1, -0.05) is 54.6 Å². The van der Waals surface area contributed by atoms with E-state index in [1.807, 2.05) is 60.7 Å². The Balaban J connectivity index is 1.34. The highest BCUT2D eigenvalue weighted by Gasteiger charge is 2.15. The quantitative estimate of drug-likeness (QED) is 0.155. The molecule has 4 rings (SSSR count). The second-order valence-electron chi connectivity index (χ2n) is 9.52. The fourth-order valence-corrected chi connectivity index (χ4v) is 4.64. The Hall–Kier alpha value is -4.52. The average molecular weight is 528 g/mol. The molecule has 0 bridgehead atoms. The normalized spacial score (nSPS) is 11.2. The molecule has 0 unspecified atom stereocenters. The standard InChI is InChI=1S/C32H33NO6/c1-22-7-5-8-23(2)32(22)39-18-4-3-17-38-27-15-12-24(13-16-27)11-14-25-9-6-10-28-31(25)26(19-29(34)35)20-33(28)21-30(36)37/h5-16,20H,3-4,17-19,21H2,1-2H3,(H,34,35)(H,36,37)/b14-11+. The van der Waals surface area contributed by atoms with Crippen LogP contribution in [0.1, 0.15) is 40.7 Å². The lowest BCUT2D eigenvalue weighted by Crippen LogP contribution is -2.07. The van der Waals surface area contributed by atoms with E-state index in [0.29, 0.717) is 24.3 Å². The highest BCUT2D eigenvalue weighted by molar-refractivity contribution is 5.96. The van der Waals surface area contributed by atoms with Crippen molar-refractivity contribution < 1.29 is 29.3 Å². The summed E-state index contributed by atoms with van der Waals surface area (Å²) in [4.78, 5) is 22.7. The molecule has 0 fully saturated rings. The van der Waals surface area contributed by atoms with Crippen LogP contribution in [0.4, 0.5) is 0 Å². The predicted octanol–water partition coefficient (Wildman–Crippen LogP) is 6.38. The number of aromatic nitrogens is 1. The number of carbonyl (C=O) groups is 2. The first-order valence-electron chi connectivity index (χ1n) is 13.0. The third-order valence-corrected chi connectivity index (χ3v) is 6.46. The van der Waals surface area contributed by atoms with Gasteiger partial charge in [-0.15, -0.1) is 0 Å². The van der Waals surface area contributed by atoms with Gasteiger partial charge in [-0.3, -0.25) is 9.59 Å². The Morgan fingerprint density at radius 1 is 0.821 bits per heavy atom. The van der Waals surface area contributed by atoms with Gasteiger partial charge in [-0.25, -0.2) is 0 Å². The lowest BCUT2D eigenvalue weighted by molar-refractivity contribution is -0.138. The molecule has 0 saturated carbocycles. The van der Waals surface area contributed by atoms with E-state index < -0.39 is 11.9 Å². The van der Waals surface area contributed by atoms with Crippen molar-refractivity contribution in [2.24, 2.45) is 0 Å². The van der Waals surface area contributed by atoms with Crippen molar-refractivity contribution in [3.8, 4) is 11.5 Å². The van der Waals surface area contributed by atoms with Crippen LogP contribution in [-0.4, -0.2) is 39.9 Å². The van der Waals surface area contributed by atoms with Gasteiger partial charge < -0.3 is 24.3 Å². The zero-order valence-electron chi connectivity index (χ0n) is 22.2. The van der Waals surface area contributed by atoms with Crippen LogP contribution in [0.2, 0.25) is 0 Å². The van der Waals surface area contributed by atoms with Gasteiger partial charge >= 0.3 is 11.9 Å². The smallest absolute Gasteiger partial charge is 0.323 e. The van der Waals surface area contributed by atoms with E-state index in [4.69, 9.17) is 9.47 Å². The number of rotatable bonds is 13. The number of benzene rings is 3. The van der Waals surface area contributed by atoms with Crippen LogP contribution >= 0.6 is 0 Å². The average Bonchev–Trinajstić information content (AvgIpc) is 3.23. The topological polar surface area (TPSA) is 98.0 Å². The highest BCUT2D eigenvalue weighted by atomic mass is 16.5. The molecule has 39 heavy (non-hydrogen) atoms. The van der Waals surface area contributed by atoms with Crippen LogP contribution in [-0.2, 0) is 22.6 Å². The molecule has 0 aliphatic heterocycles. The first kappa shape index (κ1) is 27.5. The van der Waals surface area contributed by atoms with Gasteiger partial charge in [0.05, 0.1) is 19.6 Å². The molecular weight excluding hydrogens is 494 g/mol. The number of para-hydroxylation sites is 1. The van der Waals surface area contributed by atoms with E-state index in [9.17, 15) is 19.8 Å². The molecule has 202 valence electrons. The minimum atomic E-state index is -0.984. The van der Waals surface area contributed by atoms with E-state index in [0.717, 1.165) is 52.0 Å². The third kappa shape index (κ3) is 7.29. The molecule has 0 spiro atoms. The summed E-state index contributed by atoms with van der Waals surface area (Å²) in [5, 5.41) is 19.3. The van der Waals surface area contributed by atoms with Gasteiger partial charge in [0.25, 0.3) is 0 Å². The summed E-state index contributed by atoms with van der Waals surface area (Å²) in [7, 11) is 0. The maximum Gasteiger partial charge on any atom is 0.323 e. The lowest BCUT2D eigenvalue weighted by atomic mass is 10.0. The van der Waals surface area contributed by atoms with Crippen molar-refractivity contribution in [1.82, 2.24) is 4.57 Å². The maximum absolute atomic E-state index is 11.4. The van der Waals surface area contributed by atoms with Crippen LogP contribution in [0.15, 0.2) is 66.9 Å². The summed E-state index contributed by atoms with van der Waals surface area (Å²) >= 11 is 0. The lowest BCUT2D eigenvalue weighted by Gasteiger charge is -2.12. The van der Waals surface area contributed by atoms with Gasteiger partial charge in [-0.2, -0.15) is 0 Å². The van der Waals surface area contributed by atoms with Crippen LogP contribution < -0.4 is 9.47 Å². The summed E-state index contributed by atoms with van der Waals surface area (Å²) in [6.45, 7) is 5.14. The van der Waals surface area contributed by atoms with Gasteiger partial charge in [0.15, 0.2) is 0 Å². The Labute approximate surface area is 227 Å². The molecule has 7 nitrogen and oxygen atoms in total. The molecular formula is C32H33NO6. The number of aryl methyl sites for hydroxylation is 2. The minimum absolute atomic E-state index is 0.183. The zero-order valence-corrected chi connectivity index (χ0v) is 22.2. The van der Waals surface area contributed by atoms with Gasteiger partial charge in [-0.05, 0) is 72.7 Å². The first-order valence-corrected chi connectivity index (χ1v) is 13.0. The minimum Gasteiger partial charge on any atom is -0.494 e. The Morgan fingerprint density at radius 3 is 2.15 bits per heavy atom. The van der Waals surface area contributed by atoms with Crippen molar-refractivity contribution in [1.29, 1.82) is 0 Å². The summed E-state index contributed by atoms with van der Waals surface area (Å²) in [6.07, 6.45) is 7.09. The van der Waals surface area contributed by atoms with E-state index >= 15 is 0 Å². The summed E-state index contributed by atoms with van der Waals surface area (Å²) in [6, 6.07) is 19.5. The molecule has 0 radical (unpaired) electrons. The Kier molecular flexibility index (Phi) is 9.05. The largest absolute Gasteiger partial charge is 0.494 e. The molecule has 2 N–H and O–H groups in total. The summed E-state index contributed by atoms with van der Waals surface area (Å²) in [5.74, 6) is -0.191. The summed E-state index contributed by atoms with van der Waals surface area (Å²) < 4.78 is 13.4. The molecule has 7 heteroatoms. The Bertz CT molecular complexity index is 1460. The number of hydrogen-bond donors (Lipinski definition) is 2. The molecule has 1 aromatic heterocycles.